The first-order chi connectivity index (χ1) is 19.6. The Morgan fingerprint density at radius 3 is 2.52 bits per heavy atom. The lowest BCUT2D eigenvalue weighted by atomic mass is 9.97. The van der Waals surface area contributed by atoms with Gasteiger partial charge in [-0.2, -0.15) is 0 Å². The van der Waals surface area contributed by atoms with Crippen molar-refractivity contribution < 1.29 is 37.1 Å². The van der Waals surface area contributed by atoms with Gasteiger partial charge in [-0.05, 0) is 65.7 Å². The lowest BCUT2D eigenvalue weighted by Crippen LogP contribution is -2.58. The van der Waals surface area contributed by atoms with Crippen molar-refractivity contribution in [2.24, 2.45) is 11.8 Å². The van der Waals surface area contributed by atoms with E-state index in [9.17, 15) is 27.6 Å². The summed E-state index contributed by atoms with van der Waals surface area (Å²) in [6, 6.07) is -1.88. The van der Waals surface area contributed by atoms with Crippen molar-refractivity contribution in [3.05, 3.63) is 12.2 Å². The number of amides is 4. The SMILES string of the molecule is CCO[C@@H]1C[C@H]2C(=O)N[C@]3(C(=O)NS(=O)(=O)C4CC4)C[C@H]3/C=C\CC(C)CCC[C@H](NC(=O)OC(C)(C)C)C(=O)N2C1. The van der Waals surface area contributed by atoms with E-state index in [0.29, 0.717) is 38.7 Å². The number of hydrogen-bond acceptors (Lipinski definition) is 8. The predicted molar refractivity (Wildman–Crippen MR) is 155 cm³/mol. The molecule has 0 aromatic carbocycles. The average molecular weight is 611 g/mol. The fraction of sp³-hybridized carbons (Fsp3) is 0.793. The molecule has 0 aromatic heterocycles. The molecule has 1 unspecified atom stereocenters. The van der Waals surface area contributed by atoms with Crippen molar-refractivity contribution in [2.75, 3.05) is 13.2 Å². The van der Waals surface area contributed by atoms with Gasteiger partial charge in [-0.1, -0.05) is 31.9 Å². The highest BCUT2D eigenvalue weighted by molar-refractivity contribution is 7.91. The fourth-order valence-corrected chi connectivity index (χ4v) is 7.15. The lowest BCUT2D eigenvalue weighted by molar-refractivity contribution is -0.141. The highest BCUT2D eigenvalue weighted by Crippen LogP contribution is 2.46. The summed E-state index contributed by atoms with van der Waals surface area (Å²) in [5.41, 5.74) is -2.18. The zero-order valence-corrected chi connectivity index (χ0v) is 26.1. The van der Waals surface area contributed by atoms with Gasteiger partial charge < -0.3 is 25.0 Å². The number of alkyl carbamates (subject to hydrolysis) is 1. The molecule has 4 amide bonds. The maximum Gasteiger partial charge on any atom is 0.408 e. The number of nitrogens with zero attached hydrogens (tertiary/aromatic N) is 1. The summed E-state index contributed by atoms with van der Waals surface area (Å²) in [7, 11) is -3.83. The highest BCUT2D eigenvalue weighted by atomic mass is 32.2. The number of carbonyl (C=O) groups is 4. The summed E-state index contributed by atoms with van der Waals surface area (Å²) >= 11 is 0. The summed E-state index contributed by atoms with van der Waals surface area (Å²) in [4.78, 5) is 55.3. The molecule has 6 atom stereocenters. The molecule has 2 saturated carbocycles. The summed E-state index contributed by atoms with van der Waals surface area (Å²) in [5, 5.41) is 4.98. The third kappa shape index (κ3) is 7.83. The van der Waals surface area contributed by atoms with Crippen LogP contribution in [0.15, 0.2) is 12.2 Å². The maximum atomic E-state index is 14.0. The number of sulfonamides is 1. The van der Waals surface area contributed by atoms with Crippen molar-refractivity contribution in [2.45, 2.75) is 121 Å². The molecule has 2 heterocycles. The van der Waals surface area contributed by atoms with Crippen molar-refractivity contribution in [3.63, 3.8) is 0 Å². The van der Waals surface area contributed by atoms with Gasteiger partial charge in [0.1, 0.15) is 23.2 Å². The van der Waals surface area contributed by atoms with Gasteiger partial charge in [-0.15, -0.1) is 0 Å². The van der Waals surface area contributed by atoms with E-state index in [1.165, 1.54) is 4.90 Å². The number of nitrogens with one attached hydrogen (secondary N) is 3. The number of carbonyl (C=O) groups excluding carboxylic acids is 4. The molecule has 4 aliphatic rings. The van der Waals surface area contributed by atoms with Gasteiger partial charge >= 0.3 is 6.09 Å². The molecule has 3 N–H and O–H groups in total. The molecule has 0 spiro atoms. The van der Waals surface area contributed by atoms with E-state index in [4.69, 9.17) is 9.47 Å². The van der Waals surface area contributed by atoms with Crippen LogP contribution in [0.2, 0.25) is 0 Å². The molecule has 12 nitrogen and oxygen atoms in total. The van der Waals surface area contributed by atoms with Crippen LogP contribution in [0.3, 0.4) is 0 Å². The summed E-state index contributed by atoms with van der Waals surface area (Å²) in [5.74, 6) is -1.84. The fourth-order valence-electron chi connectivity index (χ4n) is 5.78. The largest absolute Gasteiger partial charge is 0.444 e. The lowest BCUT2D eigenvalue weighted by Gasteiger charge is -2.30. The van der Waals surface area contributed by atoms with Crippen LogP contribution in [-0.4, -0.2) is 84.9 Å². The van der Waals surface area contributed by atoms with Gasteiger partial charge in [0.05, 0.1) is 11.4 Å². The molecule has 3 fully saturated rings. The van der Waals surface area contributed by atoms with E-state index in [2.05, 4.69) is 22.3 Å². The Bertz CT molecular complexity index is 1190. The molecule has 42 heavy (non-hydrogen) atoms. The standard InChI is InChI=1S/C29H46N4O8S/c1-6-40-20-15-23-24(34)31-29(26(36)32-42(38,39)21-13-14-21)16-19(29)11-7-9-18(2)10-8-12-22(25(35)33(23)17-20)30-27(37)41-28(3,4)5/h7,11,18-23H,6,8-10,12-17H2,1-5H3,(H,30,37)(H,31,34)(H,32,36)/b11-7-/t18?,19-,20-,22+,23+,29-/m1/s1. The second-order valence-electron chi connectivity index (χ2n) is 13.2. The third-order valence-corrected chi connectivity index (χ3v) is 10.1. The minimum Gasteiger partial charge on any atom is -0.444 e. The van der Waals surface area contributed by atoms with E-state index in [1.807, 2.05) is 19.1 Å². The van der Waals surface area contributed by atoms with E-state index < -0.39 is 68.4 Å². The van der Waals surface area contributed by atoms with Crippen LogP contribution < -0.4 is 15.4 Å². The summed E-state index contributed by atoms with van der Waals surface area (Å²) in [6.07, 6.45) is 6.73. The first-order valence-electron chi connectivity index (χ1n) is 15.1. The third-order valence-electron chi connectivity index (χ3n) is 8.30. The van der Waals surface area contributed by atoms with Gasteiger partial charge in [0.2, 0.25) is 21.8 Å². The summed E-state index contributed by atoms with van der Waals surface area (Å²) < 4.78 is 38.6. The molecule has 4 rings (SSSR count). The molecule has 2 aliphatic carbocycles. The first kappa shape index (κ1) is 32.2. The van der Waals surface area contributed by atoms with Gasteiger partial charge in [0.15, 0.2) is 0 Å². The second-order valence-corrected chi connectivity index (χ2v) is 15.1. The molecule has 236 valence electrons. The zero-order chi connectivity index (χ0) is 30.9. The van der Waals surface area contributed by atoms with Crippen molar-refractivity contribution in [1.29, 1.82) is 0 Å². The molecule has 1 saturated heterocycles. The van der Waals surface area contributed by atoms with Crippen LogP contribution in [0.1, 0.15) is 86.0 Å². The van der Waals surface area contributed by atoms with E-state index >= 15 is 0 Å². The van der Waals surface area contributed by atoms with Crippen LogP contribution in [0.25, 0.3) is 0 Å². The van der Waals surface area contributed by atoms with Crippen LogP contribution in [0.5, 0.6) is 0 Å². The smallest absolute Gasteiger partial charge is 0.408 e. The van der Waals surface area contributed by atoms with Gasteiger partial charge in [-0.3, -0.25) is 19.1 Å². The van der Waals surface area contributed by atoms with Crippen molar-refractivity contribution in [1.82, 2.24) is 20.3 Å². The van der Waals surface area contributed by atoms with Crippen LogP contribution >= 0.6 is 0 Å². The van der Waals surface area contributed by atoms with E-state index in [0.717, 1.165) is 6.42 Å². The van der Waals surface area contributed by atoms with Crippen LogP contribution in [0.4, 0.5) is 4.79 Å². The van der Waals surface area contributed by atoms with Gasteiger partial charge in [0.25, 0.3) is 5.91 Å². The number of fused-ring (bicyclic) bond motifs is 2. The zero-order valence-electron chi connectivity index (χ0n) is 25.3. The molecule has 13 heteroatoms. The average Bonchev–Trinajstić information content (AvgIpc) is 3.79. The molecule has 0 bridgehead atoms. The van der Waals surface area contributed by atoms with Crippen LogP contribution in [0, 0.1) is 11.8 Å². The Hall–Kier alpha value is -2.67. The molecule has 2 aliphatic heterocycles. The number of hydrogen-bond donors (Lipinski definition) is 3. The quantitative estimate of drug-likeness (QED) is 0.386. The van der Waals surface area contributed by atoms with E-state index in [-0.39, 0.29) is 31.2 Å². The Kier molecular flexibility index (Phi) is 9.61. The number of rotatable bonds is 6. The molecular weight excluding hydrogens is 564 g/mol. The Morgan fingerprint density at radius 1 is 1.17 bits per heavy atom. The predicted octanol–water partition coefficient (Wildman–Crippen LogP) is 2.14. The Balaban J connectivity index is 1.62. The monoisotopic (exact) mass is 610 g/mol. The minimum atomic E-state index is -3.83. The Morgan fingerprint density at radius 2 is 1.88 bits per heavy atom. The number of ether oxygens (including phenoxy) is 2. The van der Waals surface area contributed by atoms with Crippen LogP contribution in [-0.2, 0) is 33.9 Å². The van der Waals surface area contributed by atoms with Gasteiger partial charge in [-0.25, -0.2) is 13.2 Å². The minimum absolute atomic E-state index is 0.145. The normalized spacial score (nSPS) is 33.3. The first-order valence-corrected chi connectivity index (χ1v) is 16.7. The Labute approximate surface area is 248 Å². The van der Waals surface area contributed by atoms with E-state index in [1.54, 1.807) is 20.8 Å². The van der Waals surface area contributed by atoms with Crippen molar-refractivity contribution in [3.8, 4) is 0 Å². The maximum absolute atomic E-state index is 14.0. The summed E-state index contributed by atoms with van der Waals surface area (Å²) in [6.45, 7) is 9.65. The molecule has 0 aromatic rings. The van der Waals surface area contributed by atoms with Crippen molar-refractivity contribution >= 4 is 33.8 Å². The number of allylic oxidation sites excluding steroid dienone is 1. The topological polar surface area (TPSA) is 160 Å². The van der Waals surface area contributed by atoms with Gasteiger partial charge in [0, 0.05) is 25.5 Å². The molecule has 0 radical (unpaired) electrons. The molecular formula is C29H46N4O8S. The second kappa shape index (κ2) is 12.5. The highest BCUT2D eigenvalue weighted by Gasteiger charge is 2.62.